The van der Waals surface area contributed by atoms with E-state index in [-0.39, 0.29) is 23.4 Å². The van der Waals surface area contributed by atoms with Gasteiger partial charge in [-0.05, 0) is 6.07 Å². The third-order valence-corrected chi connectivity index (χ3v) is 2.93. The molecule has 19 heavy (non-hydrogen) atoms. The van der Waals surface area contributed by atoms with Crippen LogP contribution in [0.1, 0.15) is 27.2 Å². The Kier molecular flexibility index (Phi) is 3.09. The number of nitro benzene ring substituents is 1. The molecule has 1 aliphatic heterocycles. The van der Waals surface area contributed by atoms with Gasteiger partial charge in [-0.1, -0.05) is 26.8 Å². The van der Waals surface area contributed by atoms with Crippen LogP contribution in [0.5, 0.6) is 0 Å². The van der Waals surface area contributed by atoms with E-state index in [1.54, 1.807) is 12.1 Å². The van der Waals surface area contributed by atoms with E-state index in [1.807, 2.05) is 20.8 Å². The minimum absolute atomic E-state index is 0.0512. The molecule has 0 radical (unpaired) electrons. The highest BCUT2D eigenvalue weighted by Gasteiger charge is 2.32. The summed E-state index contributed by atoms with van der Waals surface area (Å²) >= 11 is 0. The first-order valence-electron chi connectivity index (χ1n) is 5.94. The van der Waals surface area contributed by atoms with Crippen molar-refractivity contribution in [3.8, 4) is 0 Å². The van der Waals surface area contributed by atoms with Crippen molar-refractivity contribution in [3.63, 3.8) is 0 Å². The fraction of sp³-hybridized carbons (Fsp3) is 0.385. The molecule has 0 aromatic heterocycles. The number of hydrogen-bond donors (Lipinski definition) is 0. The number of carbonyl (C=O) groups excluding carboxylic acids is 1. The van der Waals surface area contributed by atoms with Crippen LogP contribution in [0.4, 0.5) is 11.4 Å². The van der Waals surface area contributed by atoms with E-state index < -0.39 is 4.92 Å². The molecule has 0 bridgehead atoms. The predicted octanol–water partition coefficient (Wildman–Crippen LogP) is 2.73. The third-order valence-electron chi connectivity index (χ3n) is 2.93. The molecular weight excluding hydrogens is 246 g/mol. The van der Waals surface area contributed by atoms with Gasteiger partial charge >= 0.3 is 0 Å². The van der Waals surface area contributed by atoms with E-state index in [2.05, 4.69) is 5.10 Å². The second-order valence-electron chi connectivity index (χ2n) is 5.46. The number of benzene rings is 1. The topological polar surface area (TPSA) is 75.8 Å². The molecule has 1 aromatic rings. The minimum Gasteiger partial charge on any atom is -0.272 e. The highest BCUT2D eigenvalue weighted by molar-refractivity contribution is 6.14. The van der Waals surface area contributed by atoms with Crippen LogP contribution in [0.2, 0.25) is 0 Å². The minimum atomic E-state index is -0.488. The lowest BCUT2D eigenvalue weighted by Gasteiger charge is -2.16. The lowest BCUT2D eigenvalue weighted by atomic mass is 9.88. The number of anilines is 1. The number of nitro groups is 1. The van der Waals surface area contributed by atoms with Crippen molar-refractivity contribution in [2.45, 2.75) is 27.2 Å². The summed E-state index contributed by atoms with van der Waals surface area (Å²) in [7, 11) is 0. The molecule has 0 atom stereocenters. The fourth-order valence-electron chi connectivity index (χ4n) is 1.79. The van der Waals surface area contributed by atoms with Crippen molar-refractivity contribution >= 4 is 23.0 Å². The number of hydrogen-bond acceptors (Lipinski definition) is 4. The summed E-state index contributed by atoms with van der Waals surface area (Å²) in [4.78, 5) is 22.2. The van der Waals surface area contributed by atoms with Gasteiger partial charge in [0.05, 0.1) is 22.7 Å². The maximum atomic E-state index is 12.0. The molecule has 1 heterocycles. The summed E-state index contributed by atoms with van der Waals surface area (Å²) in [5.41, 5.74) is 0.970. The van der Waals surface area contributed by atoms with Gasteiger partial charge in [0.2, 0.25) is 0 Å². The van der Waals surface area contributed by atoms with Gasteiger partial charge in [-0.3, -0.25) is 14.9 Å². The average Bonchev–Trinajstić information content (AvgIpc) is 2.71. The van der Waals surface area contributed by atoms with Crippen molar-refractivity contribution < 1.29 is 9.72 Å². The monoisotopic (exact) mass is 261 g/mol. The first kappa shape index (κ1) is 13.2. The standard InChI is InChI=1S/C13H15N3O3/c1-13(2,3)11-8-12(17)15(14-11)9-5-4-6-10(7-9)16(18)19/h4-7H,8H2,1-3H3. The van der Waals surface area contributed by atoms with Crippen molar-refractivity contribution in [1.82, 2.24) is 0 Å². The molecule has 1 amide bonds. The fourth-order valence-corrected chi connectivity index (χ4v) is 1.79. The molecule has 100 valence electrons. The third kappa shape index (κ3) is 2.62. The van der Waals surface area contributed by atoms with Crippen LogP contribution >= 0.6 is 0 Å². The van der Waals surface area contributed by atoms with E-state index in [9.17, 15) is 14.9 Å². The quantitative estimate of drug-likeness (QED) is 0.606. The zero-order chi connectivity index (χ0) is 14.2. The molecule has 0 fully saturated rings. The second-order valence-corrected chi connectivity index (χ2v) is 5.46. The Bertz CT molecular complexity index is 573. The molecule has 0 unspecified atom stereocenters. The van der Waals surface area contributed by atoms with Crippen molar-refractivity contribution in [2.75, 3.05) is 5.01 Å². The normalized spacial score (nSPS) is 15.6. The van der Waals surface area contributed by atoms with Crippen molar-refractivity contribution in [2.24, 2.45) is 10.5 Å². The van der Waals surface area contributed by atoms with Gasteiger partial charge in [-0.15, -0.1) is 0 Å². The smallest absolute Gasteiger partial charge is 0.271 e. The van der Waals surface area contributed by atoms with E-state index in [0.717, 1.165) is 5.71 Å². The summed E-state index contributed by atoms with van der Waals surface area (Å²) in [5.74, 6) is -0.162. The molecule has 1 aliphatic rings. The Hall–Kier alpha value is -2.24. The van der Waals surface area contributed by atoms with E-state index in [4.69, 9.17) is 0 Å². The zero-order valence-corrected chi connectivity index (χ0v) is 11.1. The molecule has 0 aliphatic carbocycles. The molecule has 0 N–H and O–H groups in total. The summed E-state index contributed by atoms with van der Waals surface area (Å²) in [6.07, 6.45) is 0.256. The lowest BCUT2D eigenvalue weighted by molar-refractivity contribution is -0.384. The van der Waals surface area contributed by atoms with E-state index in [0.29, 0.717) is 5.69 Å². The molecule has 0 spiro atoms. The Morgan fingerprint density at radius 3 is 2.58 bits per heavy atom. The van der Waals surface area contributed by atoms with Gasteiger partial charge in [-0.2, -0.15) is 5.10 Å². The molecular formula is C13H15N3O3. The highest BCUT2D eigenvalue weighted by Crippen LogP contribution is 2.29. The van der Waals surface area contributed by atoms with Crippen LogP contribution in [-0.4, -0.2) is 16.5 Å². The largest absolute Gasteiger partial charge is 0.272 e. The van der Waals surface area contributed by atoms with Crippen LogP contribution < -0.4 is 5.01 Å². The predicted molar refractivity (Wildman–Crippen MR) is 72.1 cm³/mol. The van der Waals surface area contributed by atoms with Crippen molar-refractivity contribution in [3.05, 3.63) is 34.4 Å². The van der Waals surface area contributed by atoms with Crippen LogP contribution in [-0.2, 0) is 4.79 Å². The molecule has 6 heteroatoms. The van der Waals surface area contributed by atoms with Gasteiger partial charge < -0.3 is 0 Å². The van der Waals surface area contributed by atoms with Crippen LogP contribution in [0.3, 0.4) is 0 Å². The van der Waals surface area contributed by atoms with Gasteiger partial charge in [-0.25, -0.2) is 5.01 Å². The molecule has 2 rings (SSSR count). The summed E-state index contributed by atoms with van der Waals surface area (Å²) < 4.78 is 0. The summed E-state index contributed by atoms with van der Waals surface area (Å²) in [6.45, 7) is 5.95. The summed E-state index contributed by atoms with van der Waals surface area (Å²) in [5, 5.41) is 16.3. The maximum Gasteiger partial charge on any atom is 0.271 e. The van der Waals surface area contributed by atoms with E-state index in [1.165, 1.54) is 17.1 Å². The average molecular weight is 261 g/mol. The second kappa shape index (κ2) is 4.46. The SMILES string of the molecule is CC(C)(C)C1=NN(c2cccc([N+](=O)[O-])c2)C(=O)C1. The zero-order valence-electron chi connectivity index (χ0n) is 11.1. The van der Waals surface area contributed by atoms with Gasteiger partial charge in [0, 0.05) is 17.5 Å². The summed E-state index contributed by atoms with van der Waals surface area (Å²) in [6, 6.07) is 5.93. The Morgan fingerprint density at radius 1 is 1.37 bits per heavy atom. The number of rotatable bonds is 2. The van der Waals surface area contributed by atoms with Crippen molar-refractivity contribution in [1.29, 1.82) is 0 Å². The van der Waals surface area contributed by atoms with Crippen LogP contribution in [0.15, 0.2) is 29.4 Å². The number of amides is 1. The van der Waals surface area contributed by atoms with Gasteiger partial charge in [0.25, 0.3) is 11.6 Å². The molecule has 1 aromatic carbocycles. The van der Waals surface area contributed by atoms with Gasteiger partial charge in [0.15, 0.2) is 0 Å². The number of hydrazone groups is 1. The number of carbonyl (C=O) groups is 1. The Balaban J connectivity index is 2.37. The van der Waals surface area contributed by atoms with Gasteiger partial charge in [0.1, 0.15) is 0 Å². The maximum absolute atomic E-state index is 12.0. The Morgan fingerprint density at radius 2 is 2.05 bits per heavy atom. The van der Waals surface area contributed by atoms with E-state index >= 15 is 0 Å². The molecule has 6 nitrogen and oxygen atoms in total. The Labute approximate surface area is 110 Å². The lowest BCUT2D eigenvalue weighted by Crippen LogP contribution is -2.20. The van der Waals surface area contributed by atoms with Crippen LogP contribution in [0.25, 0.3) is 0 Å². The first-order chi connectivity index (χ1) is 8.79. The number of nitrogens with zero attached hydrogens (tertiary/aromatic N) is 3. The highest BCUT2D eigenvalue weighted by atomic mass is 16.6. The molecule has 0 saturated carbocycles. The molecule has 0 saturated heterocycles. The van der Waals surface area contributed by atoms with Crippen LogP contribution in [0, 0.1) is 15.5 Å². The number of non-ortho nitro benzene ring substituents is 1. The first-order valence-corrected chi connectivity index (χ1v) is 5.94.